The Morgan fingerprint density at radius 1 is 0.903 bits per heavy atom. The Morgan fingerprint density at radius 2 is 1.39 bits per heavy atom. The summed E-state index contributed by atoms with van der Waals surface area (Å²) >= 11 is 3.79. The van der Waals surface area contributed by atoms with E-state index in [1.165, 1.54) is 6.92 Å². The first-order valence-corrected chi connectivity index (χ1v) is 9.61. The first-order chi connectivity index (χ1) is 14.3. The Hall–Kier alpha value is -2.91. The van der Waals surface area contributed by atoms with Crippen LogP contribution in [0, 0.1) is 0 Å². The Bertz CT molecular complexity index is 703. The number of carboxylic acid groups (broad SMARTS) is 2. The van der Waals surface area contributed by atoms with Gasteiger partial charge in [-0.1, -0.05) is 0 Å². The van der Waals surface area contributed by atoms with Gasteiger partial charge in [0.1, 0.15) is 24.2 Å². The average molecular weight is 465 g/mol. The van der Waals surface area contributed by atoms with E-state index in [1.807, 2.05) is 0 Å². The average Bonchev–Trinajstić information content (AvgIpc) is 2.66. The van der Waals surface area contributed by atoms with Crippen molar-refractivity contribution in [3.8, 4) is 0 Å². The molecule has 0 radical (unpaired) electrons. The maximum Gasteiger partial charge on any atom is 0.327 e. The van der Waals surface area contributed by atoms with E-state index in [-0.39, 0.29) is 18.6 Å². The molecule has 0 fully saturated rings. The van der Waals surface area contributed by atoms with E-state index in [1.54, 1.807) is 0 Å². The Balaban J connectivity index is 5.51. The zero-order valence-corrected chi connectivity index (χ0v) is 17.5. The Labute approximate surface area is 182 Å². The lowest BCUT2D eigenvalue weighted by molar-refractivity contribution is -0.143. The van der Waals surface area contributed by atoms with E-state index in [4.69, 9.17) is 21.7 Å². The highest BCUT2D eigenvalue weighted by atomic mass is 32.1. The lowest BCUT2D eigenvalue weighted by Crippen LogP contribution is -2.58. The maximum absolute atomic E-state index is 12.5. The summed E-state index contributed by atoms with van der Waals surface area (Å²) in [5.74, 6) is -7.07. The van der Waals surface area contributed by atoms with E-state index >= 15 is 0 Å². The molecule has 4 amide bonds. The number of amides is 4. The summed E-state index contributed by atoms with van der Waals surface area (Å²) in [7, 11) is 0. The molecule has 5 unspecified atom stereocenters. The molecule has 176 valence electrons. The van der Waals surface area contributed by atoms with Crippen LogP contribution in [0.1, 0.15) is 26.2 Å². The van der Waals surface area contributed by atoms with Crippen molar-refractivity contribution in [2.45, 2.75) is 56.5 Å². The van der Waals surface area contributed by atoms with Gasteiger partial charge >= 0.3 is 11.9 Å². The van der Waals surface area contributed by atoms with E-state index < -0.39 is 72.3 Å². The molecule has 10 N–H and O–H groups in total. The standard InChI is InChI=1S/C16H27N5O9S/c1-6(22)12(18)15(28)20-8(4-11(24)25)14(27)19-7(2-3-10(17)23)13(26)21-9(5-31)16(29)30/h6-9,12,22,31H,2-5,18H2,1H3,(H2,17,23)(H,19,27)(H,20,28)(H,21,26)(H,24,25)(H,29,30). The van der Waals surface area contributed by atoms with Gasteiger partial charge in [0.15, 0.2) is 0 Å². The summed E-state index contributed by atoms with van der Waals surface area (Å²) in [6.45, 7) is 1.21. The van der Waals surface area contributed by atoms with Crippen LogP contribution in [0.5, 0.6) is 0 Å². The number of carboxylic acids is 2. The predicted octanol–water partition coefficient (Wildman–Crippen LogP) is -4.10. The third-order valence-electron chi connectivity index (χ3n) is 3.94. The lowest BCUT2D eigenvalue weighted by Gasteiger charge is -2.24. The van der Waals surface area contributed by atoms with Crippen LogP contribution < -0.4 is 27.4 Å². The van der Waals surface area contributed by atoms with Gasteiger partial charge in [-0.25, -0.2) is 4.79 Å². The molecule has 0 rings (SSSR count). The molecule has 0 aromatic carbocycles. The van der Waals surface area contributed by atoms with Crippen molar-refractivity contribution in [3.05, 3.63) is 0 Å². The second kappa shape index (κ2) is 13.4. The number of carbonyl (C=O) groups excluding carboxylic acids is 4. The Kier molecular flexibility index (Phi) is 12.1. The number of aliphatic carboxylic acids is 2. The highest BCUT2D eigenvalue weighted by Crippen LogP contribution is 2.03. The van der Waals surface area contributed by atoms with Gasteiger partial charge in [0.25, 0.3) is 0 Å². The molecule has 0 aliphatic carbocycles. The Morgan fingerprint density at radius 3 is 1.81 bits per heavy atom. The van der Waals surface area contributed by atoms with Gasteiger partial charge in [-0.2, -0.15) is 12.6 Å². The van der Waals surface area contributed by atoms with Crippen LogP contribution in [0.3, 0.4) is 0 Å². The number of rotatable bonds is 14. The van der Waals surface area contributed by atoms with Crippen molar-refractivity contribution >= 4 is 48.2 Å². The summed E-state index contributed by atoms with van der Waals surface area (Å²) in [6.07, 6.45) is -2.87. The topological polar surface area (TPSA) is 251 Å². The first-order valence-electron chi connectivity index (χ1n) is 8.98. The van der Waals surface area contributed by atoms with E-state index in [2.05, 4.69) is 28.6 Å². The zero-order chi connectivity index (χ0) is 24.3. The van der Waals surface area contributed by atoms with Crippen LogP contribution >= 0.6 is 12.6 Å². The minimum atomic E-state index is -1.68. The van der Waals surface area contributed by atoms with E-state index in [0.717, 1.165) is 0 Å². The van der Waals surface area contributed by atoms with Crippen LogP contribution in [0.25, 0.3) is 0 Å². The molecule has 0 aromatic heterocycles. The highest BCUT2D eigenvalue weighted by molar-refractivity contribution is 7.80. The van der Waals surface area contributed by atoms with Gasteiger partial charge in [-0.3, -0.25) is 24.0 Å². The van der Waals surface area contributed by atoms with E-state index in [9.17, 15) is 33.9 Å². The third-order valence-corrected chi connectivity index (χ3v) is 4.31. The number of hydrogen-bond acceptors (Lipinski definition) is 9. The normalized spacial score (nSPS) is 15.5. The fraction of sp³-hybridized carbons (Fsp3) is 0.625. The lowest BCUT2D eigenvalue weighted by atomic mass is 10.1. The molecule has 14 nitrogen and oxygen atoms in total. The van der Waals surface area contributed by atoms with Crippen LogP contribution in [-0.4, -0.2) is 86.9 Å². The van der Waals surface area contributed by atoms with Crippen LogP contribution in [0.2, 0.25) is 0 Å². The molecule has 15 heteroatoms. The molecule has 0 saturated heterocycles. The molecule has 0 aliphatic heterocycles. The van der Waals surface area contributed by atoms with Crippen molar-refractivity contribution < 1.29 is 44.1 Å². The second-order valence-corrected chi connectivity index (χ2v) is 6.94. The molecule has 0 aromatic rings. The number of carbonyl (C=O) groups is 6. The van der Waals surface area contributed by atoms with Crippen molar-refractivity contribution in [1.82, 2.24) is 16.0 Å². The maximum atomic E-state index is 12.5. The van der Waals surface area contributed by atoms with Crippen molar-refractivity contribution in [1.29, 1.82) is 0 Å². The minimum absolute atomic E-state index is 0.271. The zero-order valence-electron chi connectivity index (χ0n) is 16.6. The van der Waals surface area contributed by atoms with Crippen molar-refractivity contribution in [2.24, 2.45) is 11.5 Å². The molecule has 0 aliphatic rings. The number of thiol groups is 1. The minimum Gasteiger partial charge on any atom is -0.481 e. The number of primary amides is 1. The number of nitrogens with one attached hydrogen (secondary N) is 3. The monoisotopic (exact) mass is 465 g/mol. The molecule has 31 heavy (non-hydrogen) atoms. The number of aliphatic hydroxyl groups is 1. The van der Waals surface area contributed by atoms with Crippen molar-refractivity contribution in [2.75, 3.05) is 5.75 Å². The molecular formula is C16H27N5O9S. The fourth-order valence-corrected chi connectivity index (χ4v) is 2.40. The summed E-state index contributed by atoms with van der Waals surface area (Å²) in [5, 5.41) is 33.7. The SMILES string of the molecule is CC(O)C(N)C(=O)NC(CC(=O)O)C(=O)NC(CCC(N)=O)C(=O)NC(CS)C(=O)O. The molecule has 0 heterocycles. The van der Waals surface area contributed by atoms with Crippen molar-refractivity contribution in [3.63, 3.8) is 0 Å². The molecular weight excluding hydrogens is 438 g/mol. The smallest absolute Gasteiger partial charge is 0.327 e. The highest BCUT2D eigenvalue weighted by Gasteiger charge is 2.32. The van der Waals surface area contributed by atoms with Crippen LogP contribution in [-0.2, 0) is 28.8 Å². The molecule has 0 spiro atoms. The summed E-state index contributed by atoms with van der Waals surface area (Å²) in [5.41, 5.74) is 10.5. The number of aliphatic hydroxyl groups excluding tert-OH is 1. The van der Waals surface area contributed by atoms with E-state index in [0.29, 0.717) is 0 Å². The molecule has 0 bridgehead atoms. The van der Waals surface area contributed by atoms with Gasteiger partial charge in [0.05, 0.1) is 12.5 Å². The summed E-state index contributed by atoms with van der Waals surface area (Å²) in [6, 6.07) is -6.01. The number of nitrogens with two attached hydrogens (primary N) is 2. The summed E-state index contributed by atoms with van der Waals surface area (Å²) < 4.78 is 0. The van der Waals surface area contributed by atoms with Gasteiger partial charge in [0.2, 0.25) is 23.6 Å². The number of hydrogen-bond donors (Lipinski definition) is 9. The first kappa shape index (κ1) is 28.1. The van der Waals surface area contributed by atoms with Gasteiger partial charge < -0.3 is 42.7 Å². The quantitative estimate of drug-likeness (QED) is 0.112. The van der Waals surface area contributed by atoms with Gasteiger partial charge in [-0.15, -0.1) is 0 Å². The fourth-order valence-electron chi connectivity index (χ4n) is 2.16. The predicted molar refractivity (Wildman–Crippen MR) is 108 cm³/mol. The second-order valence-electron chi connectivity index (χ2n) is 6.57. The summed E-state index contributed by atoms with van der Waals surface area (Å²) in [4.78, 5) is 70.1. The molecule has 5 atom stereocenters. The molecule has 0 saturated carbocycles. The van der Waals surface area contributed by atoms with Gasteiger partial charge in [0, 0.05) is 12.2 Å². The van der Waals surface area contributed by atoms with Gasteiger partial charge in [-0.05, 0) is 13.3 Å². The largest absolute Gasteiger partial charge is 0.481 e. The third kappa shape index (κ3) is 10.6. The van der Waals surface area contributed by atoms with Crippen LogP contribution in [0.4, 0.5) is 0 Å². The van der Waals surface area contributed by atoms with Crippen LogP contribution in [0.15, 0.2) is 0 Å².